The highest BCUT2D eigenvalue weighted by Gasteiger charge is 2.25. The summed E-state index contributed by atoms with van der Waals surface area (Å²) >= 11 is 0. The van der Waals surface area contributed by atoms with E-state index in [1.165, 1.54) is 6.07 Å². The van der Waals surface area contributed by atoms with Crippen molar-refractivity contribution in [1.29, 1.82) is 0 Å². The summed E-state index contributed by atoms with van der Waals surface area (Å²) in [5, 5.41) is 0. The van der Waals surface area contributed by atoms with Gasteiger partial charge in [-0.1, -0.05) is 30.3 Å². The van der Waals surface area contributed by atoms with Gasteiger partial charge in [-0.2, -0.15) is 0 Å². The van der Waals surface area contributed by atoms with Crippen molar-refractivity contribution in [2.45, 2.75) is 52.3 Å². The van der Waals surface area contributed by atoms with Gasteiger partial charge in [0.2, 0.25) is 5.88 Å². The highest BCUT2D eigenvalue weighted by Crippen LogP contribution is 2.28. The zero-order valence-electron chi connectivity index (χ0n) is 20.9. The van der Waals surface area contributed by atoms with Crippen molar-refractivity contribution < 1.29 is 13.9 Å². The summed E-state index contributed by atoms with van der Waals surface area (Å²) in [5.41, 5.74) is 5.36. The van der Waals surface area contributed by atoms with Crippen LogP contribution in [0.15, 0.2) is 65.8 Å². The lowest BCUT2D eigenvalue weighted by Gasteiger charge is -2.32. The zero-order valence-corrected chi connectivity index (χ0v) is 20.9. The average molecular weight is 486 g/mol. The molecule has 1 unspecified atom stereocenters. The minimum absolute atomic E-state index is 0.0669. The Labute approximate surface area is 212 Å². The summed E-state index contributed by atoms with van der Waals surface area (Å²) in [6, 6.07) is 16.7. The van der Waals surface area contributed by atoms with Crippen LogP contribution in [0.25, 0.3) is 0 Å². The molecule has 0 aliphatic carbocycles. The fourth-order valence-electron chi connectivity index (χ4n) is 5.15. The number of carbonyl (C=O) groups excluding carboxylic acids is 1. The Morgan fingerprint density at radius 2 is 2.03 bits per heavy atom. The SMILES string of the molecule is CC(C)Oc1ccc(C2=NCc3ccc(C(=O)CC4CCCN(Cc5ccccc5F)C4)cc32)cn1. The molecule has 1 atom stereocenters. The van der Waals surface area contributed by atoms with Crippen molar-refractivity contribution in [1.82, 2.24) is 9.88 Å². The second kappa shape index (κ2) is 10.7. The van der Waals surface area contributed by atoms with Gasteiger partial charge in [-0.15, -0.1) is 0 Å². The van der Waals surface area contributed by atoms with E-state index in [1.807, 2.05) is 56.3 Å². The van der Waals surface area contributed by atoms with E-state index < -0.39 is 0 Å². The quantitative estimate of drug-likeness (QED) is 0.376. The largest absolute Gasteiger partial charge is 0.475 e. The van der Waals surface area contributed by atoms with Crippen LogP contribution in [0.1, 0.15) is 65.7 Å². The highest BCUT2D eigenvalue weighted by molar-refractivity contribution is 6.16. The van der Waals surface area contributed by atoms with E-state index in [0.717, 1.165) is 53.9 Å². The maximum Gasteiger partial charge on any atom is 0.213 e. The summed E-state index contributed by atoms with van der Waals surface area (Å²) in [6.45, 7) is 6.89. The fourth-order valence-corrected chi connectivity index (χ4v) is 5.15. The van der Waals surface area contributed by atoms with Gasteiger partial charge < -0.3 is 4.74 Å². The van der Waals surface area contributed by atoms with Crippen LogP contribution in [0.5, 0.6) is 5.88 Å². The molecule has 0 radical (unpaired) electrons. The maximum atomic E-state index is 14.1. The van der Waals surface area contributed by atoms with E-state index in [1.54, 1.807) is 12.3 Å². The first-order chi connectivity index (χ1) is 17.5. The van der Waals surface area contributed by atoms with Crippen LogP contribution < -0.4 is 4.74 Å². The molecule has 0 N–H and O–H groups in total. The van der Waals surface area contributed by atoms with Crippen LogP contribution in [0.3, 0.4) is 0 Å². The standard InChI is InChI=1S/C30H32FN3O2/c1-20(2)36-29-12-11-24(17-32-29)30-26-15-22(9-10-23(26)16-33-30)28(35)14-21-6-5-13-34(18-21)19-25-7-3-4-8-27(25)31/h3-4,7-12,15,17,20-21H,5-6,13-14,16,18-19H2,1-2H3. The van der Waals surface area contributed by atoms with E-state index >= 15 is 0 Å². The molecular formula is C30H32FN3O2. The molecule has 0 bridgehead atoms. The molecule has 1 fully saturated rings. The van der Waals surface area contributed by atoms with Crippen LogP contribution in [-0.2, 0) is 13.1 Å². The molecule has 1 saturated heterocycles. The molecule has 5 nitrogen and oxygen atoms in total. The Morgan fingerprint density at radius 3 is 2.81 bits per heavy atom. The van der Waals surface area contributed by atoms with E-state index in [-0.39, 0.29) is 23.6 Å². The number of aliphatic imine (C=N–C) groups is 1. The van der Waals surface area contributed by atoms with Gasteiger partial charge in [0.05, 0.1) is 18.4 Å². The second-order valence-corrected chi connectivity index (χ2v) is 10.1. The third-order valence-corrected chi connectivity index (χ3v) is 6.89. The number of likely N-dealkylation sites (tertiary alicyclic amines) is 1. The molecule has 1 aromatic heterocycles. The number of carbonyl (C=O) groups is 1. The number of halogens is 1. The van der Waals surface area contributed by atoms with Gasteiger partial charge in [-0.05, 0) is 62.9 Å². The number of Topliss-reactive ketones (excluding diaryl/α,β-unsaturated/α-hetero) is 1. The molecule has 0 spiro atoms. The number of aromatic nitrogens is 1. The molecule has 186 valence electrons. The third-order valence-electron chi connectivity index (χ3n) is 6.89. The number of ketones is 1. The van der Waals surface area contributed by atoms with Crippen molar-refractivity contribution >= 4 is 11.5 Å². The van der Waals surface area contributed by atoms with Gasteiger partial charge in [0.15, 0.2) is 5.78 Å². The monoisotopic (exact) mass is 485 g/mol. The van der Waals surface area contributed by atoms with E-state index in [2.05, 4.69) is 9.88 Å². The number of rotatable bonds is 8. The smallest absolute Gasteiger partial charge is 0.213 e. The van der Waals surface area contributed by atoms with Crippen LogP contribution in [0.4, 0.5) is 4.39 Å². The maximum absolute atomic E-state index is 14.1. The van der Waals surface area contributed by atoms with Gasteiger partial charge in [0.25, 0.3) is 0 Å². The number of hydrogen-bond donors (Lipinski definition) is 0. The molecule has 3 aromatic rings. The minimum Gasteiger partial charge on any atom is -0.475 e. The van der Waals surface area contributed by atoms with Crippen LogP contribution in [-0.4, -0.2) is 40.6 Å². The minimum atomic E-state index is -0.163. The predicted molar refractivity (Wildman–Crippen MR) is 139 cm³/mol. The molecule has 6 heteroatoms. The molecule has 2 aliphatic heterocycles. The molecular weight excluding hydrogens is 453 g/mol. The first-order valence-corrected chi connectivity index (χ1v) is 12.8. The van der Waals surface area contributed by atoms with Crippen LogP contribution in [0, 0.1) is 11.7 Å². The van der Waals surface area contributed by atoms with Gasteiger partial charge in [-0.25, -0.2) is 9.37 Å². The van der Waals surface area contributed by atoms with Gasteiger partial charge in [0, 0.05) is 54.0 Å². The van der Waals surface area contributed by atoms with E-state index in [0.29, 0.717) is 31.0 Å². The molecule has 0 amide bonds. The Kier molecular flexibility index (Phi) is 7.23. The molecule has 2 aliphatic rings. The number of benzene rings is 2. The van der Waals surface area contributed by atoms with Gasteiger partial charge in [0.1, 0.15) is 5.82 Å². The van der Waals surface area contributed by atoms with Gasteiger partial charge >= 0.3 is 0 Å². The first-order valence-electron chi connectivity index (χ1n) is 12.8. The Balaban J connectivity index is 1.25. The fraction of sp³-hybridized carbons (Fsp3) is 0.367. The highest BCUT2D eigenvalue weighted by atomic mass is 19.1. The second-order valence-electron chi connectivity index (χ2n) is 10.1. The molecule has 3 heterocycles. The van der Waals surface area contributed by atoms with Crippen molar-refractivity contribution in [3.8, 4) is 5.88 Å². The molecule has 2 aromatic carbocycles. The first kappa shape index (κ1) is 24.3. The number of hydrogen-bond acceptors (Lipinski definition) is 5. The van der Waals surface area contributed by atoms with E-state index in [4.69, 9.17) is 9.73 Å². The van der Waals surface area contributed by atoms with Crippen molar-refractivity contribution in [3.05, 3.63) is 94.4 Å². The van der Waals surface area contributed by atoms with E-state index in [9.17, 15) is 9.18 Å². The van der Waals surface area contributed by atoms with Crippen LogP contribution >= 0.6 is 0 Å². The third kappa shape index (κ3) is 5.54. The summed E-state index contributed by atoms with van der Waals surface area (Å²) in [7, 11) is 0. The summed E-state index contributed by atoms with van der Waals surface area (Å²) < 4.78 is 19.8. The number of piperidine rings is 1. The lowest BCUT2D eigenvalue weighted by Crippen LogP contribution is -2.36. The number of nitrogens with zero attached hydrogens (tertiary/aromatic N) is 3. The van der Waals surface area contributed by atoms with Crippen LogP contribution in [0.2, 0.25) is 0 Å². The number of fused-ring (bicyclic) bond motifs is 1. The van der Waals surface area contributed by atoms with Crippen molar-refractivity contribution in [2.24, 2.45) is 10.9 Å². The normalized spacial score (nSPS) is 17.7. The summed E-state index contributed by atoms with van der Waals surface area (Å²) in [5.74, 6) is 0.856. The number of pyridine rings is 1. The number of ether oxygens (including phenoxy) is 1. The summed E-state index contributed by atoms with van der Waals surface area (Å²) in [4.78, 5) is 24.7. The van der Waals surface area contributed by atoms with Crippen molar-refractivity contribution in [3.63, 3.8) is 0 Å². The summed E-state index contributed by atoms with van der Waals surface area (Å²) in [6.07, 6.45) is 4.40. The molecule has 0 saturated carbocycles. The van der Waals surface area contributed by atoms with Crippen molar-refractivity contribution in [2.75, 3.05) is 13.1 Å². The Hall–Kier alpha value is -3.38. The zero-order chi connectivity index (χ0) is 25.1. The average Bonchev–Trinajstić information content (AvgIpc) is 3.29. The predicted octanol–water partition coefficient (Wildman–Crippen LogP) is 5.84. The Morgan fingerprint density at radius 1 is 1.17 bits per heavy atom. The van der Waals surface area contributed by atoms with Gasteiger partial charge in [-0.3, -0.25) is 14.7 Å². The lowest BCUT2D eigenvalue weighted by atomic mass is 9.89. The lowest BCUT2D eigenvalue weighted by molar-refractivity contribution is 0.0912. The molecule has 36 heavy (non-hydrogen) atoms. The topological polar surface area (TPSA) is 54.8 Å². The Bertz CT molecular complexity index is 1270. The molecule has 5 rings (SSSR count).